The standard InChI is InChI=1S/C64H46N4/c1-4-19-43(20-5-1)44-35-37-46(38-36-44)62-65-61(45-21-6-2-7-22-45)66-63(67-62)49-24-18-23-47(41-49)51-27-10-11-28-52(51)48-39-40-54-53-29-12-13-30-55(53)64(58(54)42-48)56-31-14-16-33-59(56)68(50-25-8-3-9-26-50)60-34-17-15-32-57(60)64/h1-42,61,63,66H,(H,65,67). The molecule has 0 saturated heterocycles. The molecule has 0 amide bonds. The Kier molecular flexibility index (Phi) is 9.59. The van der Waals surface area contributed by atoms with Crippen LogP contribution < -0.4 is 15.5 Å². The van der Waals surface area contributed by atoms with Crippen LogP contribution in [0.4, 0.5) is 17.1 Å². The minimum Gasteiger partial charge on any atom is -0.350 e. The smallest absolute Gasteiger partial charge is 0.131 e. The van der Waals surface area contributed by atoms with Crippen molar-refractivity contribution in [1.82, 2.24) is 10.6 Å². The maximum atomic E-state index is 5.38. The SMILES string of the molecule is c1ccc(-c2ccc(C3=NC(c4cccc(-c5ccccc5-c5ccc6c(c5)C5(c7ccccc7-6)c6ccccc6N(c6ccccc6)c6ccccc65)c4)NC(c4ccccc4)N3)cc2)cc1. The van der Waals surface area contributed by atoms with Crippen LogP contribution in [0.15, 0.2) is 260 Å². The van der Waals surface area contributed by atoms with Crippen LogP contribution in [0, 0.1) is 0 Å². The van der Waals surface area contributed by atoms with E-state index in [9.17, 15) is 0 Å². The van der Waals surface area contributed by atoms with Gasteiger partial charge in [-0.25, -0.2) is 4.99 Å². The molecule has 10 aromatic carbocycles. The van der Waals surface area contributed by atoms with Gasteiger partial charge in [-0.05, 0) is 114 Å². The number of rotatable bonds is 7. The second-order valence-electron chi connectivity index (χ2n) is 17.9. The molecule has 10 aromatic rings. The molecule has 2 unspecified atom stereocenters. The fraction of sp³-hybridized carbons (Fsp3) is 0.0469. The van der Waals surface area contributed by atoms with Gasteiger partial charge in [0.25, 0.3) is 0 Å². The number of anilines is 3. The van der Waals surface area contributed by atoms with Crippen LogP contribution in [0.25, 0.3) is 44.5 Å². The molecular formula is C64H46N4. The predicted molar refractivity (Wildman–Crippen MR) is 279 cm³/mol. The van der Waals surface area contributed by atoms with Crippen LogP contribution in [0.3, 0.4) is 0 Å². The second kappa shape index (κ2) is 16.4. The van der Waals surface area contributed by atoms with E-state index in [2.05, 4.69) is 270 Å². The first-order valence-electron chi connectivity index (χ1n) is 23.5. The largest absolute Gasteiger partial charge is 0.350 e. The third-order valence-corrected chi connectivity index (χ3v) is 14.2. The zero-order chi connectivity index (χ0) is 45.0. The van der Waals surface area contributed by atoms with Crippen LogP contribution in [-0.2, 0) is 5.41 Å². The van der Waals surface area contributed by atoms with Crippen molar-refractivity contribution in [2.45, 2.75) is 17.7 Å². The number of hydrogen-bond donors (Lipinski definition) is 2. The van der Waals surface area contributed by atoms with Crippen LogP contribution in [0.2, 0.25) is 0 Å². The normalized spacial score (nSPS) is 16.2. The van der Waals surface area contributed by atoms with Crippen LogP contribution >= 0.6 is 0 Å². The molecule has 0 fully saturated rings. The molecule has 68 heavy (non-hydrogen) atoms. The number of nitrogens with zero attached hydrogens (tertiary/aromatic N) is 2. The van der Waals surface area contributed by atoms with Crippen molar-refractivity contribution < 1.29 is 0 Å². The van der Waals surface area contributed by atoms with Gasteiger partial charge in [0.05, 0.1) is 16.8 Å². The van der Waals surface area contributed by atoms with Crippen LogP contribution in [-0.4, -0.2) is 5.84 Å². The summed E-state index contributed by atoms with van der Waals surface area (Å²) >= 11 is 0. The van der Waals surface area contributed by atoms with E-state index < -0.39 is 5.41 Å². The Hall–Kier alpha value is -8.57. The molecule has 322 valence electrons. The molecule has 0 saturated carbocycles. The zero-order valence-corrected chi connectivity index (χ0v) is 37.3. The fourth-order valence-corrected chi connectivity index (χ4v) is 11.1. The topological polar surface area (TPSA) is 39.7 Å². The van der Waals surface area contributed by atoms with Gasteiger partial charge in [0.1, 0.15) is 18.2 Å². The average Bonchev–Trinajstić information content (AvgIpc) is 3.71. The van der Waals surface area contributed by atoms with Gasteiger partial charge in [-0.1, -0.05) is 218 Å². The highest BCUT2D eigenvalue weighted by molar-refractivity contribution is 6.00. The highest BCUT2D eigenvalue weighted by Gasteiger charge is 2.51. The predicted octanol–water partition coefficient (Wildman–Crippen LogP) is 15.2. The van der Waals surface area contributed by atoms with E-state index in [1.54, 1.807) is 0 Å². The van der Waals surface area contributed by atoms with E-state index in [-0.39, 0.29) is 12.3 Å². The molecule has 0 radical (unpaired) electrons. The maximum Gasteiger partial charge on any atom is 0.131 e. The molecule has 1 aliphatic carbocycles. The molecule has 2 heterocycles. The molecule has 1 spiro atoms. The molecule has 0 aromatic heterocycles. The monoisotopic (exact) mass is 870 g/mol. The Morgan fingerprint density at radius 1 is 0.353 bits per heavy atom. The summed E-state index contributed by atoms with van der Waals surface area (Å²) in [5, 5.41) is 7.58. The third kappa shape index (κ3) is 6.45. The summed E-state index contributed by atoms with van der Waals surface area (Å²) in [4.78, 5) is 7.82. The number of para-hydroxylation sites is 3. The Morgan fingerprint density at radius 3 is 1.53 bits per heavy atom. The van der Waals surface area contributed by atoms with Crippen molar-refractivity contribution in [3.8, 4) is 44.5 Å². The molecule has 4 nitrogen and oxygen atoms in total. The minimum absolute atomic E-state index is 0.142. The van der Waals surface area contributed by atoms with Gasteiger partial charge in [-0.15, -0.1) is 0 Å². The number of nitrogens with one attached hydrogen (secondary N) is 2. The molecule has 2 N–H and O–H groups in total. The van der Waals surface area contributed by atoms with Gasteiger partial charge in [-0.3, -0.25) is 5.32 Å². The van der Waals surface area contributed by atoms with Gasteiger partial charge >= 0.3 is 0 Å². The molecule has 3 aliphatic rings. The molecular weight excluding hydrogens is 825 g/mol. The lowest BCUT2D eigenvalue weighted by molar-refractivity contribution is 0.409. The molecule has 2 atom stereocenters. The van der Waals surface area contributed by atoms with E-state index in [4.69, 9.17) is 4.99 Å². The third-order valence-electron chi connectivity index (χ3n) is 14.2. The maximum absolute atomic E-state index is 5.38. The Bertz CT molecular complexity index is 3480. The average molecular weight is 871 g/mol. The number of benzene rings is 10. The summed E-state index contributed by atoms with van der Waals surface area (Å²) in [6.45, 7) is 0. The minimum atomic E-state index is -0.539. The number of fused-ring (bicyclic) bond motifs is 9. The number of aliphatic imine (C=N–C) groups is 1. The molecule has 4 heteroatoms. The van der Waals surface area contributed by atoms with Crippen molar-refractivity contribution in [2.75, 3.05) is 4.90 Å². The van der Waals surface area contributed by atoms with Crippen molar-refractivity contribution in [3.63, 3.8) is 0 Å². The van der Waals surface area contributed by atoms with Crippen LogP contribution in [0.1, 0.15) is 51.3 Å². The Labute approximate surface area is 397 Å². The van der Waals surface area contributed by atoms with E-state index in [0.29, 0.717) is 0 Å². The summed E-state index contributed by atoms with van der Waals surface area (Å²) in [6, 6.07) is 92.7. The first-order chi connectivity index (χ1) is 33.7. The van der Waals surface area contributed by atoms with Crippen molar-refractivity contribution >= 4 is 22.9 Å². The van der Waals surface area contributed by atoms with E-state index in [0.717, 1.165) is 33.8 Å². The summed E-state index contributed by atoms with van der Waals surface area (Å²) in [7, 11) is 0. The summed E-state index contributed by atoms with van der Waals surface area (Å²) in [5.74, 6) is 0.860. The lowest BCUT2D eigenvalue weighted by Gasteiger charge is -2.45. The summed E-state index contributed by atoms with van der Waals surface area (Å²) in [5.41, 5.74) is 21.1. The first-order valence-corrected chi connectivity index (χ1v) is 23.5. The Balaban J connectivity index is 0.924. The van der Waals surface area contributed by atoms with Gasteiger partial charge < -0.3 is 10.2 Å². The Morgan fingerprint density at radius 2 is 0.838 bits per heavy atom. The van der Waals surface area contributed by atoms with Gasteiger partial charge in [-0.2, -0.15) is 0 Å². The van der Waals surface area contributed by atoms with Gasteiger partial charge in [0.15, 0.2) is 0 Å². The van der Waals surface area contributed by atoms with E-state index in [1.165, 1.54) is 72.6 Å². The van der Waals surface area contributed by atoms with Crippen molar-refractivity contribution in [2.24, 2.45) is 4.99 Å². The summed E-state index contributed by atoms with van der Waals surface area (Å²) in [6.07, 6.45) is -0.436. The van der Waals surface area contributed by atoms with Crippen LogP contribution in [0.5, 0.6) is 0 Å². The van der Waals surface area contributed by atoms with Crippen molar-refractivity contribution in [3.05, 3.63) is 294 Å². The lowest BCUT2D eigenvalue weighted by Crippen LogP contribution is -2.44. The second-order valence-corrected chi connectivity index (χ2v) is 17.9. The first kappa shape index (κ1) is 39.8. The van der Waals surface area contributed by atoms with E-state index >= 15 is 0 Å². The van der Waals surface area contributed by atoms with Gasteiger partial charge in [0.2, 0.25) is 0 Å². The molecule has 2 aliphatic heterocycles. The molecule has 0 bridgehead atoms. The quantitative estimate of drug-likeness (QED) is 0.168. The van der Waals surface area contributed by atoms with Gasteiger partial charge in [0, 0.05) is 11.3 Å². The summed E-state index contributed by atoms with van der Waals surface area (Å²) < 4.78 is 0. The zero-order valence-electron chi connectivity index (χ0n) is 37.3. The molecule has 13 rings (SSSR count). The number of amidine groups is 1. The van der Waals surface area contributed by atoms with E-state index in [1.807, 2.05) is 0 Å². The fourth-order valence-electron chi connectivity index (χ4n) is 11.1. The highest BCUT2D eigenvalue weighted by atomic mass is 15.3. The lowest BCUT2D eigenvalue weighted by atomic mass is 9.64. The highest BCUT2D eigenvalue weighted by Crippen LogP contribution is 2.63. The number of hydrogen-bond acceptors (Lipinski definition) is 4. The van der Waals surface area contributed by atoms with Crippen molar-refractivity contribution in [1.29, 1.82) is 0 Å².